The van der Waals surface area contributed by atoms with Gasteiger partial charge in [-0.15, -0.1) is 0 Å². The first-order valence-corrected chi connectivity index (χ1v) is 7.00. The van der Waals surface area contributed by atoms with Crippen LogP contribution in [-0.4, -0.2) is 54.2 Å². The monoisotopic (exact) mass is 285 g/mol. The van der Waals surface area contributed by atoms with E-state index in [-0.39, 0.29) is 5.84 Å². The lowest BCUT2D eigenvalue weighted by Gasteiger charge is -2.34. The zero-order chi connectivity index (χ0) is 14.8. The second-order valence-electron chi connectivity index (χ2n) is 5.33. The fourth-order valence-electron chi connectivity index (χ4n) is 2.61. The predicted molar refractivity (Wildman–Crippen MR) is 84.0 cm³/mol. The van der Waals surface area contributed by atoms with Gasteiger partial charge in [0, 0.05) is 31.6 Å². The van der Waals surface area contributed by atoms with E-state index in [1.54, 1.807) is 0 Å². The number of para-hydroxylation sites is 1. The summed E-state index contributed by atoms with van der Waals surface area (Å²) >= 11 is 0. The van der Waals surface area contributed by atoms with E-state index in [0.717, 1.165) is 42.9 Å². The highest BCUT2D eigenvalue weighted by Crippen LogP contribution is 2.24. The number of pyridine rings is 1. The third-order valence-electron chi connectivity index (χ3n) is 3.89. The first-order valence-electron chi connectivity index (χ1n) is 7.00. The first-order chi connectivity index (χ1) is 10.2. The number of amidine groups is 1. The molecule has 1 aromatic carbocycles. The van der Waals surface area contributed by atoms with E-state index in [9.17, 15) is 0 Å². The highest BCUT2D eigenvalue weighted by atomic mass is 16.4. The van der Waals surface area contributed by atoms with Crippen molar-refractivity contribution in [2.45, 2.75) is 0 Å². The van der Waals surface area contributed by atoms with Crippen molar-refractivity contribution in [2.75, 3.05) is 38.1 Å². The number of oxime groups is 1. The topological polar surface area (TPSA) is 78.0 Å². The van der Waals surface area contributed by atoms with Gasteiger partial charge in [-0.05, 0) is 19.2 Å². The number of aromatic nitrogens is 1. The number of piperazine rings is 1. The summed E-state index contributed by atoms with van der Waals surface area (Å²) in [5.74, 6) is 0.888. The average Bonchev–Trinajstić information content (AvgIpc) is 2.53. The molecule has 0 bridgehead atoms. The number of benzene rings is 1. The number of rotatable bonds is 2. The van der Waals surface area contributed by atoms with Crippen molar-refractivity contribution in [1.82, 2.24) is 9.88 Å². The summed E-state index contributed by atoms with van der Waals surface area (Å²) in [7, 11) is 2.11. The lowest BCUT2D eigenvalue weighted by Crippen LogP contribution is -2.45. The Morgan fingerprint density at radius 3 is 2.67 bits per heavy atom. The molecule has 0 atom stereocenters. The van der Waals surface area contributed by atoms with Crippen LogP contribution in [0.1, 0.15) is 5.56 Å². The minimum atomic E-state index is 0.0992. The summed E-state index contributed by atoms with van der Waals surface area (Å²) in [5, 5.41) is 13.2. The van der Waals surface area contributed by atoms with E-state index in [4.69, 9.17) is 15.9 Å². The van der Waals surface area contributed by atoms with Crippen molar-refractivity contribution in [1.29, 1.82) is 0 Å². The van der Waals surface area contributed by atoms with Gasteiger partial charge in [-0.1, -0.05) is 23.4 Å². The summed E-state index contributed by atoms with van der Waals surface area (Å²) in [6.45, 7) is 3.72. The summed E-state index contributed by atoms with van der Waals surface area (Å²) < 4.78 is 0. The molecule has 6 nitrogen and oxygen atoms in total. The Balaban J connectivity index is 2.10. The standard InChI is InChI=1S/C15H19N5O/c1-19-6-8-20(9-7-19)15-12(14(16)18-21)10-11-4-2-3-5-13(11)17-15/h2-5,10,21H,6-9H2,1H3,(H2,16,18). The molecule has 3 N–H and O–H groups in total. The zero-order valence-electron chi connectivity index (χ0n) is 12.0. The van der Waals surface area contributed by atoms with Crippen molar-refractivity contribution in [3.63, 3.8) is 0 Å². The summed E-state index contributed by atoms with van der Waals surface area (Å²) in [6, 6.07) is 9.81. The van der Waals surface area contributed by atoms with Gasteiger partial charge in [0.25, 0.3) is 0 Å². The van der Waals surface area contributed by atoms with Crippen LogP contribution in [0.4, 0.5) is 5.82 Å². The Kier molecular flexibility index (Phi) is 3.62. The highest BCUT2D eigenvalue weighted by Gasteiger charge is 2.20. The first kappa shape index (κ1) is 13.6. The van der Waals surface area contributed by atoms with Gasteiger partial charge in [0.15, 0.2) is 5.84 Å². The van der Waals surface area contributed by atoms with Crippen molar-refractivity contribution >= 4 is 22.6 Å². The summed E-state index contributed by atoms with van der Waals surface area (Å²) in [6.07, 6.45) is 0. The molecule has 21 heavy (non-hydrogen) atoms. The SMILES string of the molecule is CN1CCN(c2nc3ccccc3cc2C(N)=NO)CC1. The molecule has 1 aliphatic heterocycles. The minimum Gasteiger partial charge on any atom is -0.409 e. The maximum Gasteiger partial charge on any atom is 0.173 e. The van der Waals surface area contributed by atoms with E-state index in [1.165, 1.54) is 0 Å². The molecule has 0 unspecified atom stereocenters. The van der Waals surface area contributed by atoms with Crippen LogP contribution < -0.4 is 10.6 Å². The number of nitrogens with zero attached hydrogens (tertiary/aromatic N) is 4. The normalized spacial score (nSPS) is 17.4. The Morgan fingerprint density at radius 1 is 1.24 bits per heavy atom. The van der Waals surface area contributed by atoms with Crippen LogP contribution in [0, 0.1) is 0 Å². The van der Waals surface area contributed by atoms with Gasteiger partial charge in [0.05, 0.1) is 11.1 Å². The molecule has 0 radical (unpaired) electrons. The Labute approximate surface area is 123 Å². The van der Waals surface area contributed by atoms with E-state index >= 15 is 0 Å². The molecule has 2 heterocycles. The van der Waals surface area contributed by atoms with Crippen molar-refractivity contribution in [3.8, 4) is 0 Å². The molecule has 1 aliphatic rings. The van der Waals surface area contributed by atoms with Gasteiger partial charge in [-0.25, -0.2) is 4.98 Å². The second-order valence-corrected chi connectivity index (χ2v) is 5.33. The molecule has 1 fully saturated rings. The average molecular weight is 285 g/mol. The number of likely N-dealkylation sites (N-methyl/N-ethyl adjacent to an activating group) is 1. The lowest BCUT2D eigenvalue weighted by molar-refractivity contribution is 0.311. The van der Waals surface area contributed by atoms with E-state index < -0.39 is 0 Å². The van der Waals surface area contributed by atoms with E-state index in [2.05, 4.69) is 22.0 Å². The maximum atomic E-state index is 9.03. The van der Waals surface area contributed by atoms with Crippen molar-refractivity contribution in [3.05, 3.63) is 35.9 Å². The lowest BCUT2D eigenvalue weighted by atomic mass is 10.1. The number of fused-ring (bicyclic) bond motifs is 1. The van der Waals surface area contributed by atoms with Crippen LogP contribution in [0.15, 0.2) is 35.5 Å². The fourth-order valence-corrected chi connectivity index (χ4v) is 2.61. The number of anilines is 1. The van der Waals surface area contributed by atoms with Crippen molar-refractivity contribution in [2.24, 2.45) is 10.9 Å². The molecule has 0 amide bonds. The van der Waals surface area contributed by atoms with Crippen molar-refractivity contribution < 1.29 is 5.21 Å². The Morgan fingerprint density at radius 2 is 1.95 bits per heavy atom. The van der Waals surface area contributed by atoms with Crippen LogP contribution in [0.25, 0.3) is 10.9 Å². The Bertz CT molecular complexity index is 677. The van der Waals surface area contributed by atoms with Crippen LogP contribution in [0.3, 0.4) is 0 Å². The number of hydrogen-bond donors (Lipinski definition) is 2. The van der Waals surface area contributed by atoms with Gasteiger partial charge in [-0.3, -0.25) is 0 Å². The van der Waals surface area contributed by atoms with E-state index in [1.807, 2.05) is 30.3 Å². The molecule has 6 heteroatoms. The van der Waals surface area contributed by atoms with E-state index in [0.29, 0.717) is 5.56 Å². The van der Waals surface area contributed by atoms with Crippen LogP contribution in [-0.2, 0) is 0 Å². The van der Waals surface area contributed by atoms with Crippen LogP contribution in [0.2, 0.25) is 0 Å². The molecule has 2 aromatic rings. The molecule has 0 saturated carbocycles. The zero-order valence-corrected chi connectivity index (χ0v) is 12.0. The van der Waals surface area contributed by atoms with Gasteiger partial charge in [0.2, 0.25) is 0 Å². The van der Waals surface area contributed by atoms with Crippen LogP contribution in [0.5, 0.6) is 0 Å². The molecule has 3 rings (SSSR count). The number of hydrogen-bond acceptors (Lipinski definition) is 5. The minimum absolute atomic E-state index is 0.0992. The molecular weight excluding hydrogens is 266 g/mol. The third-order valence-corrected chi connectivity index (χ3v) is 3.89. The molecular formula is C15H19N5O. The maximum absolute atomic E-state index is 9.03. The highest BCUT2D eigenvalue weighted by molar-refractivity contribution is 6.04. The number of nitrogens with two attached hydrogens (primary N) is 1. The molecule has 1 aromatic heterocycles. The van der Waals surface area contributed by atoms with Gasteiger partial charge in [-0.2, -0.15) is 0 Å². The molecule has 0 spiro atoms. The second kappa shape index (κ2) is 5.57. The molecule has 0 aliphatic carbocycles. The quantitative estimate of drug-likeness (QED) is 0.374. The van der Waals surface area contributed by atoms with Crippen LogP contribution >= 0.6 is 0 Å². The largest absolute Gasteiger partial charge is 0.409 e. The molecule has 110 valence electrons. The summed E-state index contributed by atoms with van der Waals surface area (Å²) in [5.41, 5.74) is 7.44. The predicted octanol–water partition coefficient (Wildman–Crippen LogP) is 1.08. The van der Waals surface area contributed by atoms with Gasteiger partial charge >= 0.3 is 0 Å². The van der Waals surface area contributed by atoms with Gasteiger partial charge < -0.3 is 20.7 Å². The Hall–Kier alpha value is -2.34. The smallest absolute Gasteiger partial charge is 0.173 e. The van der Waals surface area contributed by atoms with Gasteiger partial charge in [0.1, 0.15) is 5.82 Å². The summed E-state index contributed by atoms with van der Waals surface area (Å²) in [4.78, 5) is 9.20. The third kappa shape index (κ3) is 2.62. The molecule has 1 saturated heterocycles. The fraction of sp³-hybridized carbons (Fsp3) is 0.333.